The predicted octanol–water partition coefficient (Wildman–Crippen LogP) is 1.44. The molecule has 0 N–H and O–H groups in total. The lowest BCUT2D eigenvalue weighted by atomic mass is 10.1. The van der Waals surface area contributed by atoms with E-state index >= 15 is 0 Å². The molecule has 0 bridgehead atoms. The molecule has 0 radical (unpaired) electrons. The van der Waals surface area contributed by atoms with Gasteiger partial charge >= 0.3 is 0 Å². The summed E-state index contributed by atoms with van der Waals surface area (Å²) in [4.78, 5) is 1.34. The van der Waals surface area contributed by atoms with Crippen LogP contribution in [0.25, 0.3) is 0 Å². The maximum Gasteiger partial charge on any atom is 0.245 e. The van der Waals surface area contributed by atoms with Gasteiger partial charge in [-0.15, -0.1) is 0 Å². The SMILES string of the molecule is O=S(=O)(c1ccccc1F)N1CCC(n2nccn2)CC1. The summed E-state index contributed by atoms with van der Waals surface area (Å²) < 4.78 is 39.9. The molecule has 2 heterocycles. The first-order valence-corrected chi connectivity index (χ1v) is 8.13. The second-order valence-corrected chi connectivity index (χ2v) is 6.82. The highest BCUT2D eigenvalue weighted by atomic mass is 32.2. The van der Waals surface area contributed by atoms with Gasteiger partial charge in [-0.3, -0.25) is 0 Å². The van der Waals surface area contributed by atoms with E-state index in [1.54, 1.807) is 17.2 Å². The highest BCUT2D eigenvalue weighted by Gasteiger charge is 2.32. The van der Waals surface area contributed by atoms with Gasteiger partial charge in [0.25, 0.3) is 0 Å². The van der Waals surface area contributed by atoms with Crippen LogP contribution < -0.4 is 0 Å². The average molecular weight is 310 g/mol. The number of hydrogen-bond acceptors (Lipinski definition) is 4. The Kier molecular flexibility index (Phi) is 3.73. The van der Waals surface area contributed by atoms with Crippen molar-refractivity contribution in [2.75, 3.05) is 13.1 Å². The molecule has 1 aromatic carbocycles. The number of nitrogens with zero attached hydrogens (tertiary/aromatic N) is 4. The van der Waals surface area contributed by atoms with Crippen molar-refractivity contribution in [3.8, 4) is 0 Å². The fourth-order valence-corrected chi connectivity index (χ4v) is 4.06. The van der Waals surface area contributed by atoms with Crippen LogP contribution in [0.4, 0.5) is 4.39 Å². The van der Waals surface area contributed by atoms with Crippen LogP contribution >= 0.6 is 0 Å². The number of piperidine rings is 1. The highest BCUT2D eigenvalue weighted by Crippen LogP contribution is 2.26. The first kappa shape index (κ1) is 14.2. The molecule has 0 saturated carbocycles. The third-order valence-electron chi connectivity index (χ3n) is 3.64. The largest absolute Gasteiger partial charge is 0.245 e. The Morgan fingerprint density at radius 3 is 2.33 bits per heavy atom. The van der Waals surface area contributed by atoms with E-state index < -0.39 is 15.8 Å². The van der Waals surface area contributed by atoms with Crippen molar-refractivity contribution in [1.29, 1.82) is 0 Å². The molecule has 1 fully saturated rings. The Morgan fingerprint density at radius 1 is 1.10 bits per heavy atom. The lowest BCUT2D eigenvalue weighted by Crippen LogP contribution is -2.39. The van der Waals surface area contributed by atoms with Gasteiger partial charge in [0.1, 0.15) is 10.7 Å². The van der Waals surface area contributed by atoms with Crippen LogP contribution in [-0.4, -0.2) is 40.8 Å². The fourth-order valence-electron chi connectivity index (χ4n) is 2.52. The minimum absolute atomic E-state index is 0.0899. The zero-order valence-electron chi connectivity index (χ0n) is 11.3. The van der Waals surface area contributed by atoms with E-state index in [-0.39, 0.29) is 10.9 Å². The van der Waals surface area contributed by atoms with Crippen LogP contribution in [0.5, 0.6) is 0 Å². The lowest BCUT2D eigenvalue weighted by Gasteiger charge is -2.30. The molecular weight excluding hydrogens is 295 g/mol. The molecule has 1 aliphatic heterocycles. The van der Waals surface area contributed by atoms with Gasteiger partial charge in [-0.25, -0.2) is 12.8 Å². The summed E-state index contributed by atoms with van der Waals surface area (Å²) in [5.41, 5.74) is 0. The Morgan fingerprint density at radius 2 is 1.71 bits per heavy atom. The average Bonchev–Trinajstić information content (AvgIpc) is 3.02. The molecule has 1 aromatic heterocycles. The number of hydrogen-bond donors (Lipinski definition) is 0. The summed E-state index contributed by atoms with van der Waals surface area (Å²) in [6, 6.07) is 5.55. The van der Waals surface area contributed by atoms with Crippen LogP contribution in [0.1, 0.15) is 18.9 Å². The molecule has 1 aliphatic rings. The Balaban J connectivity index is 1.76. The molecule has 3 rings (SSSR count). The van der Waals surface area contributed by atoms with Crippen LogP contribution in [0.15, 0.2) is 41.6 Å². The summed E-state index contributed by atoms with van der Waals surface area (Å²) in [5.74, 6) is -0.714. The van der Waals surface area contributed by atoms with Crippen molar-refractivity contribution in [2.45, 2.75) is 23.8 Å². The summed E-state index contributed by atoms with van der Waals surface area (Å²) in [6.07, 6.45) is 4.43. The van der Waals surface area contributed by atoms with E-state index in [9.17, 15) is 12.8 Å². The number of rotatable bonds is 3. The third kappa shape index (κ3) is 2.68. The van der Waals surface area contributed by atoms with Crippen molar-refractivity contribution in [3.63, 3.8) is 0 Å². The molecule has 21 heavy (non-hydrogen) atoms. The van der Waals surface area contributed by atoms with E-state index in [4.69, 9.17) is 0 Å². The van der Waals surface area contributed by atoms with E-state index in [1.807, 2.05) is 0 Å². The van der Waals surface area contributed by atoms with E-state index in [2.05, 4.69) is 10.2 Å². The summed E-state index contributed by atoms with van der Waals surface area (Å²) in [5, 5.41) is 8.15. The molecule has 6 nitrogen and oxygen atoms in total. The Bertz CT molecular complexity index is 710. The highest BCUT2D eigenvalue weighted by molar-refractivity contribution is 7.89. The maximum atomic E-state index is 13.7. The summed E-state index contributed by atoms with van der Waals surface area (Å²) in [7, 11) is -3.78. The van der Waals surface area contributed by atoms with Gasteiger partial charge in [0.2, 0.25) is 10.0 Å². The fraction of sp³-hybridized carbons (Fsp3) is 0.385. The smallest absolute Gasteiger partial charge is 0.207 e. The molecule has 2 aromatic rings. The maximum absolute atomic E-state index is 13.7. The predicted molar refractivity (Wildman–Crippen MR) is 73.5 cm³/mol. The second-order valence-electron chi connectivity index (χ2n) is 4.92. The van der Waals surface area contributed by atoms with Crippen molar-refractivity contribution < 1.29 is 12.8 Å². The molecule has 0 aliphatic carbocycles. The number of aromatic nitrogens is 3. The van der Waals surface area contributed by atoms with Gasteiger partial charge in [0, 0.05) is 13.1 Å². The minimum Gasteiger partial charge on any atom is -0.207 e. The van der Waals surface area contributed by atoms with Gasteiger partial charge in [0.05, 0.1) is 18.4 Å². The van der Waals surface area contributed by atoms with Gasteiger partial charge in [-0.05, 0) is 25.0 Å². The summed E-state index contributed by atoms with van der Waals surface area (Å²) >= 11 is 0. The van der Waals surface area contributed by atoms with Gasteiger partial charge in [-0.1, -0.05) is 12.1 Å². The normalized spacial score (nSPS) is 18.0. The molecule has 1 saturated heterocycles. The van der Waals surface area contributed by atoms with Crippen molar-refractivity contribution in [3.05, 3.63) is 42.5 Å². The minimum atomic E-state index is -3.78. The molecule has 0 atom stereocenters. The summed E-state index contributed by atoms with van der Waals surface area (Å²) in [6.45, 7) is 0.672. The standard InChI is InChI=1S/C13H15FN4O2S/c14-12-3-1-2-4-13(12)21(19,20)17-9-5-11(6-10-17)18-15-7-8-16-18/h1-4,7-8,11H,5-6,9-10H2. The van der Waals surface area contributed by atoms with Gasteiger partial charge in [0.15, 0.2) is 0 Å². The number of sulfonamides is 1. The van der Waals surface area contributed by atoms with Crippen LogP contribution in [-0.2, 0) is 10.0 Å². The first-order valence-electron chi connectivity index (χ1n) is 6.69. The lowest BCUT2D eigenvalue weighted by molar-refractivity contribution is 0.244. The molecular formula is C13H15FN4O2S. The van der Waals surface area contributed by atoms with Crippen LogP contribution in [0.2, 0.25) is 0 Å². The monoisotopic (exact) mass is 310 g/mol. The molecule has 0 unspecified atom stereocenters. The number of halogens is 1. The zero-order valence-corrected chi connectivity index (χ0v) is 12.1. The van der Waals surface area contributed by atoms with Crippen LogP contribution in [0, 0.1) is 5.82 Å². The van der Waals surface area contributed by atoms with E-state index in [1.165, 1.54) is 22.5 Å². The van der Waals surface area contributed by atoms with Gasteiger partial charge in [-0.2, -0.15) is 19.3 Å². The zero-order chi connectivity index (χ0) is 14.9. The van der Waals surface area contributed by atoms with Crippen molar-refractivity contribution >= 4 is 10.0 Å². The van der Waals surface area contributed by atoms with Crippen molar-refractivity contribution in [2.24, 2.45) is 0 Å². The molecule has 0 amide bonds. The van der Waals surface area contributed by atoms with E-state index in [0.29, 0.717) is 25.9 Å². The van der Waals surface area contributed by atoms with Crippen molar-refractivity contribution in [1.82, 2.24) is 19.3 Å². The first-order chi connectivity index (χ1) is 10.1. The topological polar surface area (TPSA) is 68.1 Å². The van der Waals surface area contributed by atoms with Crippen LogP contribution in [0.3, 0.4) is 0 Å². The molecule has 8 heteroatoms. The Hall–Kier alpha value is -1.80. The number of benzene rings is 1. The second kappa shape index (κ2) is 5.53. The quantitative estimate of drug-likeness (QED) is 0.860. The molecule has 0 spiro atoms. The molecule has 112 valence electrons. The van der Waals surface area contributed by atoms with E-state index in [0.717, 1.165) is 6.07 Å². The van der Waals surface area contributed by atoms with Gasteiger partial charge < -0.3 is 0 Å². The Labute approximate surface area is 122 Å². The third-order valence-corrected chi connectivity index (χ3v) is 5.57.